The third-order valence-corrected chi connectivity index (χ3v) is 15.6. The number of nitrogens with zero attached hydrogens (tertiary/aromatic N) is 1. The van der Waals surface area contributed by atoms with Gasteiger partial charge in [-0.3, -0.25) is 0 Å². The van der Waals surface area contributed by atoms with Crippen LogP contribution in [0.4, 0.5) is 5.69 Å². The van der Waals surface area contributed by atoms with E-state index < -0.39 is 17.3 Å². The van der Waals surface area contributed by atoms with Crippen LogP contribution in [0.25, 0.3) is 0 Å². The number of hydrogen-bond acceptors (Lipinski definition) is 5. The molecule has 1 aromatic carbocycles. The summed E-state index contributed by atoms with van der Waals surface area (Å²) in [7, 11) is 3.85. The summed E-state index contributed by atoms with van der Waals surface area (Å²) in [6.45, 7) is 0. The predicted molar refractivity (Wildman–Crippen MR) is 65.1 cm³/mol. The van der Waals surface area contributed by atoms with Crippen molar-refractivity contribution in [2.24, 2.45) is 0 Å². The van der Waals surface area contributed by atoms with E-state index in [0.29, 0.717) is 0 Å². The van der Waals surface area contributed by atoms with Gasteiger partial charge in [0.25, 0.3) is 0 Å². The zero-order chi connectivity index (χ0) is 10.8. The van der Waals surface area contributed by atoms with Crippen molar-refractivity contribution in [2.75, 3.05) is 11.5 Å². The van der Waals surface area contributed by atoms with E-state index in [9.17, 15) is 15.2 Å². The second-order valence-electron chi connectivity index (χ2n) is 2.85. The van der Waals surface area contributed by atoms with Crippen LogP contribution in [-0.2, 0) is 0 Å². The molecule has 1 heterocycles. The van der Waals surface area contributed by atoms with E-state index in [4.69, 9.17) is 0 Å². The van der Waals surface area contributed by atoms with Gasteiger partial charge in [-0.15, -0.1) is 0 Å². The Hall–Kier alpha value is -0.322. The van der Waals surface area contributed by atoms with E-state index in [0.717, 1.165) is 15.9 Å². The van der Waals surface area contributed by atoms with E-state index in [1.54, 1.807) is 0 Å². The van der Waals surface area contributed by atoms with Gasteiger partial charge >= 0.3 is 98.0 Å². The standard InChI is InChI=1S/C8H8AsNO3S2/c11-8-2-1-6(5-7(8)10(12)13)9-14-3-4-15-9/h1-2,5,11H,3-4H2. The fourth-order valence-corrected chi connectivity index (χ4v) is 15.3. The summed E-state index contributed by atoms with van der Waals surface area (Å²) >= 11 is -1.18. The van der Waals surface area contributed by atoms with E-state index in [1.807, 2.05) is 26.1 Å². The van der Waals surface area contributed by atoms with Crippen LogP contribution < -0.4 is 4.35 Å². The van der Waals surface area contributed by atoms with Crippen molar-refractivity contribution in [3.8, 4) is 5.75 Å². The molecule has 0 atom stereocenters. The first-order valence-corrected chi connectivity index (χ1v) is 11.6. The van der Waals surface area contributed by atoms with Gasteiger partial charge in [0.2, 0.25) is 0 Å². The molecule has 1 aliphatic heterocycles. The van der Waals surface area contributed by atoms with Crippen molar-refractivity contribution in [3.63, 3.8) is 0 Å². The molecule has 7 heteroatoms. The molecule has 80 valence electrons. The molecule has 1 fully saturated rings. The summed E-state index contributed by atoms with van der Waals surface area (Å²) in [5.41, 5.74) is -0.171. The van der Waals surface area contributed by atoms with Gasteiger partial charge in [-0.05, 0) is 0 Å². The first kappa shape index (κ1) is 11.2. The van der Waals surface area contributed by atoms with Crippen LogP contribution in [0.5, 0.6) is 5.75 Å². The van der Waals surface area contributed by atoms with E-state index in [1.165, 1.54) is 12.1 Å². The maximum absolute atomic E-state index is 10.6. The van der Waals surface area contributed by atoms with Crippen LogP contribution in [-0.4, -0.2) is 33.9 Å². The molecule has 1 saturated heterocycles. The van der Waals surface area contributed by atoms with Gasteiger partial charge < -0.3 is 0 Å². The van der Waals surface area contributed by atoms with Crippen molar-refractivity contribution >= 4 is 42.4 Å². The van der Waals surface area contributed by atoms with E-state index in [2.05, 4.69) is 0 Å². The fourth-order valence-electron chi connectivity index (χ4n) is 1.20. The molecule has 0 amide bonds. The second kappa shape index (κ2) is 4.68. The Balaban J connectivity index is 2.33. The molecule has 0 bridgehead atoms. The van der Waals surface area contributed by atoms with E-state index in [-0.39, 0.29) is 11.4 Å². The van der Waals surface area contributed by atoms with Crippen molar-refractivity contribution in [2.45, 2.75) is 0 Å². The SMILES string of the molecule is O=[N+]([O-])c1cc([As]2SCCS2)ccc1O. The van der Waals surface area contributed by atoms with Gasteiger partial charge in [0.15, 0.2) is 0 Å². The minimum atomic E-state index is -1.18. The summed E-state index contributed by atoms with van der Waals surface area (Å²) in [5, 5.41) is 19.9. The fraction of sp³-hybridized carbons (Fsp3) is 0.250. The molecule has 0 spiro atoms. The molecule has 0 saturated carbocycles. The Morgan fingerprint density at radius 1 is 1.40 bits per heavy atom. The average molecular weight is 305 g/mol. The minimum absolute atomic E-state index is 0.171. The molecular weight excluding hydrogens is 297 g/mol. The van der Waals surface area contributed by atoms with Gasteiger partial charge in [0, 0.05) is 0 Å². The molecule has 1 N–H and O–H groups in total. The van der Waals surface area contributed by atoms with Crippen molar-refractivity contribution < 1.29 is 10.0 Å². The van der Waals surface area contributed by atoms with Gasteiger partial charge in [0.05, 0.1) is 0 Å². The van der Waals surface area contributed by atoms with Crippen LogP contribution in [0.1, 0.15) is 0 Å². The maximum atomic E-state index is 10.6. The van der Waals surface area contributed by atoms with Gasteiger partial charge in [-0.1, -0.05) is 0 Å². The molecule has 2 rings (SSSR count). The van der Waals surface area contributed by atoms with Crippen LogP contribution in [0, 0.1) is 10.1 Å². The summed E-state index contributed by atoms with van der Waals surface area (Å²) in [5.74, 6) is 2.03. The Kier molecular flexibility index (Phi) is 3.48. The van der Waals surface area contributed by atoms with Gasteiger partial charge in [-0.25, -0.2) is 0 Å². The number of hydrogen-bond donors (Lipinski definition) is 1. The number of phenols is 1. The molecule has 1 aromatic rings. The molecule has 0 aromatic heterocycles. The Labute approximate surface area is 97.8 Å². The molecule has 0 unspecified atom stereocenters. The summed E-state index contributed by atoms with van der Waals surface area (Å²) in [6.07, 6.45) is 0. The normalized spacial score (nSPS) is 16.8. The molecular formula is C8H8AsNO3S2. The van der Waals surface area contributed by atoms with Crippen LogP contribution >= 0.6 is 20.0 Å². The number of aromatic hydroxyl groups is 1. The number of nitro groups is 1. The first-order chi connectivity index (χ1) is 7.18. The predicted octanol–water partition coefficient (Wildman–Crippen LogP) is 1.48. The van der Waals surface area contributed by atoms with Gasteiger partial charge in [-0.2, -0.15) is 0 Å². The topological polar surface area (TPSA) is 63.4 Å². The summed E-state index contributed by atoms with van der Waals surface area (Å²) < 4.78 is 1.06. The Morgan fingerprint density at radius 2 is 2.07 bits per heavy atom. The van der Waals surface area contributed by atoms with Crippen LogP contribution in [0.3, 0.4) is 0 Å². The third-order valence-electron chi connectivity index (χ3n) is 1.87. The zero-order valence-corrected chi connectivity index (χ0v) is 11.1. The zero-order valence-electron chi connectivity index (χ0n) is 7.62. The first-order valence-electron chi connectivity index (χ1n) is 4.22. The van der Waals surface area contributed by atoms with Crippen LogP contribution in [0.15, 0.2) is 18.2 Å². The molecule has 4 nitrogen and oxygen atoms in total. The average Bonchev–Trinajstić information content (AvgIpc) is 2.71. The van der Waals surface area contributed by atoms with Crippen molar-refractivity contribution in [3.05, 3.63) is 28.3 Å². The molecule has 0 aliphatic carbocycles. The molecule has 0 radical (unpaired) electrons. The van der Waals surface area contributed by atoms with E-state index >= 15 is 0 Å². The monoisotopic (exact) mass is 305 g/mol. The third kappa shape index (κ3) is 2.44. The second-order valence-corrected chi connectivity index (χ2v) is 14.6. The van der Waals surface area contributed by atoms with Crippen LogP contribution in [0.2, 0.25) is 0 Å². The Bertz CT molecular complexity index is 395. The molecule has 15 heavy (non-hydrogen) atoms. The van der Waals surface area contributed by atoms with Crippen molar-refractivity contribution in [1.82, 2.24) is 0 Å². The summed E-state index contributed by atoms with van der Waals surface area (Å²) in [4.78, 5) is 10.1. The molecule has 1 aliphatic rings. The Morgan fingerprint density at radius 3 is 2.67 bits per heavy atom. The number of nitro benzene ring substituents is 1. The van der Waals surface area contributed by atoms with Gasteiger partial charge in [0.1, 0.15) is 0 Å². The number of phenolic OH excluding ortho intramolecular Hbond substituents is 1. The van der Waals surface area contributed by atoms with Crippen molar-refractivity contribution in [1.29, 1.82) is 0 Å². The number of benzene rings is 1. The number of rotatable bonds is 2. The summed E-state index contributed by atoms with van der Waals surface area (Å²) in [6, 6.07) is 4.77. The quantitative estimate of drug-likeness (QED) is 0.509.